The fraction of sp³-hybridized carbons (Fsp3) is 0.600. The summed E-state index contributed by atoms with van der Waals surface area (Å²) in [5.41, 5.74) is 1.78. The van der Waals surface area contributed by atoms with Gasteiger partial charge in [0.2, 0.25) is 0 Å². The third-order valence-corrected chi connectivity index (χ3v) is 3.88. The zero-order valence-corrected chi connectivity index (χ0v) is 9.91. The van der Waals surface area contributed by atoms with Crippen LogP contribution in [0.3, 0.4) is 0 Å². The van der Waals surface area contributed by atoms with Gasteiger partial charge in [-0.3, -0.25) is 14.7 Å². The molecule has 1 aliphatic rings. The number of carboxylic acid groups (broad SMARTS) is 1. The number of hydrogen-bond donors (Lipinski definition) is 2. The van der Waals surface area contributed by atoms with Crippen molar-refractivity contribution in [2.24, 2.45) is 0 Å². The Morgan fingerprint density at radius 1 is 1.81 bits per heavy atom. The molecule has 0 aromatic carbocycles. The molecule has 1 aromatic heterocycles. The third kappa shape index (κ3) is 2.23. The zero-order chi connectivity index (χ0) is 11.5. The summed E-state index contributed by atoms with van der Waals surface area (Å²) in [6.07, 6.45) is 1.82. The Labute approximate surface area is 98.1 Å². The van der Waals surface area contributed by atoms with Crippen molar-refractivity contribution in [1.82, 2.24) is 15.2 Å². The summed E-state index contributed by atoms with van der Waals surface area (Å²) in [6, 6.07) is -0.318. The number of aliphatic carboxylic acids is 1. The fourth-order valence-electron chi connectivity index (χ4n) is 2.01. The number of carboxylic acids is 1. The van der Waals surface area contributed by atoms with Crippen LogP contribution in [0.25, 0.3) is 0 Å². The van der Waals surface area contributed by atoms with Crippen LogP contribution in [0.15, 0.2) is 11.7 Å². The van der Waals surface area contributed by atoms with Gasteiger partial charge in [0.05, 0.1) is 5.51 Å². The lowest BCUT2D eigenvalue weighted by atomic mass is 10.1. The van der Waals surface area contributed by atoms with Gasteiger partial charge in [-0.1, -0.05) is 0 Å². The SMILES string of the molecule is CC(c1cncs1)N1CCNCC1C(=O)O. The summed E-state index contributed by atoms with van der Waals surface area (Å²) in [5, 5.41) is 12.3. The van der Waals surface area contributed by atoms with Crippen LogP contribution in [-0.2, 0) is 4.79 Å². The second-order valence-corrected chi connectivity index (χ2v) is 4.79. The summed E-state index contributed by atoms with van der Waals surface area (Å²) in [6.45, 7) is 4.15. The quantitative estimate of drug-likeness (QED) is 0.809. The number of thiazole rings is 1. The van der Waals surface area contributed by atoms with Gasteiger partial charge in [0, 0.05) is 36.8 Å². The van der Waals surface area contributed by atoms with Crippen LogP contribution in [0.2, 0.25) is 0 Å². The summed E-state index contributed by atoms with van der Waals surface area (Å²) < 4.78 is 0. The predicted octanol–water partition coefficient (Wildman–Crippen LogP) is 0.562. The molecular formula is C10H15N3O2S. The summed E-state index contributed by atoms with van der Waals surface area (Å²) in [5.74, 6) is -0.761. The normalized spacial score (nSPS) is 24.2. The predicted molar refractivity (Wildman–Crippen MR) is 61.5 cm³/mol. The highest BCUT2D eigenvalue weighted by atomic mass is 32.1. The monoisotopic (exact) mass is 241 g/mol. The van der Waals surface area contributed by atoms with Crippen LogP contribution >= 0.6 is 11.3 Å². The second kappa shape index (κ2) is 4.90. The van der Waals surface area contributed by atoms with Gasteiger partial charge < -0.3 is 10.4 Å². The average Bonchev–Trinajstić information content (AvgIpc) is 2.81. The zero-order valence-electron chi connectivity index (χ0n) is 9.09. The molecule has 6 heteroatoms. The lowest BCUT2D eigenvalue weighted by molar-refractivity contribution is -0.145. The standard InChI is InChI=1S/C10H15N3O2S/c1-7(9-5-12-6-16-9)13-3-2-11-4-8(13)10(14)15/h5-8,11H,2-4H2,1H3,(H,14,15). The van der Waals surface area contributed by atoms with Crippen LogP contribution in [0.4, 0.5) is 0 Å². The minimum atomic E-state index is -0.761. The molecule has 1 saturated heterocycles. The van der Waals surface area contributed by atoms with Crippen molar-refractivity contribution in [1.29, 1.82) is 0 Å². The molecule has 2 rings (SSSR count). The average molecular weight is 241 g/mol. The first kappa shape index (κ1) is 11.5. The van der Waals surface area contributed by atoms with Gasteiger partial charge in [0.1, 0.15) is 6.04 Å². The van der Waals surface area contributed by atoms with Crippen LogP contribution in [-0.4, -0.2) is 46.6 Å². The molecule has 0 saturated carbocycles. The molecule has 5 nitrogen and oxygen atoms in total. The topological polar surface area (TPSA) is 65.5 Å². The molecule has 0 amide bonds. The van der Waals surface area contributed by atoms with E-state index in [0.717, 1.165) is 18.0 Å². The molecule has 88 valence electrons. The highest BCUT2D eigenvalue weighted by molar-refractivity contribution is 7.09. The van der Waals surface area contributed by atoms with Crippen molar-refractivity contribution < 1.29 is 9.90 Å². The molecule has 0 spiro atoms. The largest absolute Gasteiger partial charge is 0.480 e. The van der Waals surface area contributed by atoms with Crippen LogP contribution in [0.5, 0.6) is 0 Å². The fourth-order valence-corrected chi connectivity index (χ4v) is 2.71. The minimum Gasteiger partial charge on any atom is -0.480 e. The molecular weight excluding hydrogens is 226 g/mol. The number of nitrogens with one attached hydrogen (secondary N) is 1. The van der Waals surface area contributed by atoms with E-state index in [1.165, 1.54) is 0 Å². The molecule has 0 aliphatic carbocycles. The van der Waals surface area contributed by atoms with Gasteiger partial charge in [-0.2, -0.15) is 0 Å². The summed E-state index contributed by atoms with van der Waals surface area (Å²) in [7, 11) is 0. The first-order valence-corrected chi connectivity index (χ1v) is 6.15. The summed E-state index contributed by atoms with van der Waals surface area (Å²) >= 11 is 1.57. The van der Waals surface area contributed by atoms with Gasteiger partial charge in [-0.15, -0.1) is 11.3 Å². The Bertz CT molecular complexity index is 355. The van der Waals surface area contributed by atoms with Crippen LogP contribution in [0, 0.1) is 0 Å². The van der Waals surface area contributed by atoms with E-state index in [1.807, 2.05) is 18.0 Å². The van der Waals surface area contributed by atoms with Gasteiger partial charge in [-0.05, 0) is 6.92 Å². The molecule has 2 N–H and O–H groups in total. The Morgan fingerprint density at radius 2 is 2.62 bits per heavy atom. The lowest BCUT2D eigenvalue weighted by Crippen LogP contribution is -2.55. The molecule has 1 aliphatic heterocycles. The highest BCUT2D eigenvalue weighted by Gasteiger charge is 2.32. The van der Waals surface area contributed by atoms with Crippen molar-refractivity contribution in [3.63, 3.8) is 0 Å². The Kier molecular flexibility index (Phi) is 3.52. The van der Waals surface area contributed by atoms with E-state index < -0.39 is 12.0 Å². The molecule has 2 unspecified atom stereocenters. The molecule has 1 aromatic rings. The third-order valence-electron chi connectivity index (χ3n) is 2.93. The molecule has 0 bridgehead atoms. The van der Waals surface area contributed by atoms with Crippen LogP contribution in [0.1, 0.15) is 17.8 Å². The molecule has 16 heavy (non-hydrogen) atoms. The van der Waals surface area contributed by atoms with Gasteiger partial charge >= 0.3 is 5.97 Å². The van der Waals surface area contributed by atoms with E-state index >= 15 is 0 Å². The first-order valence-electron chi connectivity index (χ1n) is 5.28. The Hall–Kier alpha value is -0.980. The van der Waals surface area contributed by atoms with E-state index in [-0.39, 0.29) is 6.04 Å². The van der Waals surface area contributed by atoms with Crippen molar-refractivity contribution >= 4 is 17.3 Å². The number of rotatable bonds is 3. The lowest BCUT2D eigenvalue weighted by Gasteiger charge is -2.37. The maximum absolute atomic E-state index is 11.1. The summed E-state index contributed by atoms with van der Waals surface area (Å²) in [4.78, 5) is 18.3. The van der Waals surface area contributed by atoms with E-state index in [2.05, 4.69) is 10.3 Å². The Morgan fingerprint density at radius 3 is 3.25 bits per heavy atom. The molecule has 1 fully saturated rings. The van der Waals surface area contributed by atoms with Gasteiger partial charge in [-0.25, -0.2) is 0 Å². The molecule has 2 heterocycles. The van der Waals surface area contributed by atoms with Crippen molar-refractivity contribution in [2.75, 3.05) is 19.6 Å². The second-order valence-electron chi connectivity index (χ2n) is 3.88. The van der Waals surface area contributed by atoms with Gasteiger partial charge in [0.15, 0.2) is 0 Å². The van der Waals surface area contributed by atoms with Crippen molar-refractivity contribution in [3.8, 4) is 0 Å². The highest BCUT2D eigenvalue weighted by Crippen LogP contribution is 2.25. The maximum Gasteiger partial charge on any atom is 0.322 e. The number of nitrogens with zero attached hydrogens (tertiary/aromatic N) is 2. The number of aromatic nitrogens is 1. The van der Waals surface area contributed by atoms with E-state index in [9.17, 15) is 4.79 Å². The number of piperazine rings is 1. The van der Waals surface area contributed by atoms with E-state index in [0.29, 0.717) is 6.54 Å². The van der Waals surface area contributed by atoms with E-state index in [4.69, 9.17) is 5.11 Å². The maximum atomic E-state index is 11.1. The molecule has 0 radical (unpaired) electrons. The number of carbonyl (C=O) groups is 1. The van der Waals surface area contributed by atoms with Crippen molar-refractivity contribution in [3.05, 3.63) is 16.6 Å². The first-order chi connectivity index (χ1) is 7.70. The molecule has 2 atom stereocenters. The van der Waals surface area contributed by atoms with Crippen LogP contribution < -0.4 is 5.32 Å². The minimum absolute atomic E-state index is 0.121. The van der Waals surface area contributed by atoms with Gasteiger partial charge in [0.25, 0.3) is 0 Å². The smallest absolute Gasteiger partial charge is 0.322 e. The van der Waals surface area contributed by atoms with E-state index in [1.54, 1.807) is 16.8 Å². The Balaban J connectivity index is 2.14. The van der Waals surface area contributed by atoms with Crippen molar-refractivity contribution in [2.45, 2.75) is 19.0 Å². The number of hydrogen-bond acceptors (Lipinski definition) is 5.